The van der Waals surface area contributed by atoms with Crippen molar-refractivity contribution in [3.8, 4) is 6.07 Å². The lowest BCUT2D eigenvalue weighted by Gasteiger charge is -1.97. The van der Waals surface area contributed by atoms with Crippen LogP contribution in [0.4, 0.5) is 4.39 Å². The molecule has 0 N–H and O–H groups in total. The molecule has 0 amide bonds. The zero-order valence-corrected chi connectivity index (χ0v) is 6.70. The molecule has 2 nitrogen and oxygen atoms in total. The highest BCUT2D eigenvalue weighted by Crippen LogP contribution is 2.12. The first-order valence-corrected chi connectivity index (χ1v) is 3.59. The lowest BCUT2D eigenvalue weighted by Crippen LogP contribution is -1.89. The number of nitriles is 1. The number of carbonyl (C=O) groups excluding carboxylic acids is 1. The van der Waals surface area contributed by atoms with Crippen LogP contribution in [0.1, 0.15) is 15.9 Å². The summed E-state index contributed by atoms with van der Waals surface area (Å²) in [7, 11) is 0. The summed E-state index contributed by atoms with van der Waals surface area (Å²) in [6.45, 7) is 0. The van der Waals surface area contributed by atoms with Crippen molar-refractivity contribution in [1.82, 2.24) is 0 Å². The number of nitrogens with zero attached hydrogens (tertiary/aromatic N) is 1. The number of halogens is 1. The fraction of sp³-hybridized carbons (Fsp3) is 0. The Bertz CT molecular complexity index is 390. The number of aldehydes is 1. The van der Waals surface area contributed by atoms with Gasteiger partial charge in [-0.15, -0.1) is 0 Å². The second-order valence-corrected chi connectivity index (χ2v) is 2.33. The minimum Gasteiger partial charge on any atom is -0.298 e. The maximum atomic E-state index is 13.2. The first kappa shape index (κ1) is 9.14. The van der Waals surface area contributed by atoms with Gasteiger partial charge in [-0.2, -0.15) is 5.26 Å². The summed E-state index contributed by atoms with van der Waals surface area (Å²) in [5.74, 6) is -0.594. The normalized spacial score (nSPS) is 9.85. The van der Waals surface area contributed by atoms with E-state index in [-0.39, 0.29) is 11.1 Å². The van der Waals surface area contributed by atoms with Gasteiger partial charge in [-0.1, -0.05) is 12.1 Å². The minimum absolute atomic E-state index is 0.0000831. The second-order valence-electron chi connectivity index (χ2n) is 2.33. The van der Waals surface area contributed by atoms with Crippen molar-refractivity contribution in [2.75, 3.05) is 0 Å². The van der Waals surface area contributed by atoms with Crippen LogP contribution in [-0.2, 0) is 0 Å². The number of carbonyl (C=O) groups is 1. The zero-order chi connectivity index (χ0) is 9.68. The van der Waals surface area contributed by atoms with Crippen LogP contribution in [0.15, 0.2) is 24.3 Å². The molecule has 0 aromatic heterocycles. The Kier molecular flexibility index (Phi) is 2.93. The molecule has 1 rings (SSSR count). The Balaban J connectivity index is 3.17. The van der Waals surface area contributed by atoms with Crippen molar-refractivity contribution >= 4 is 12.4 Å². The molecule has 0 unspecified atom stereocenters. The predicted molar refractivity (Wildman–Crippen MR) is 46.4 cm³/mol. The summed E-state index contributed by atoms with van der Waals surface area (Å²) in [4.78, 5) is 10.3. The van der Waals surface area contributed by atoms with Gasteiger partial charge in [0.2, 0.25) is 0 Å². The van der Waals surface area contributed by atoms with Gasteiger partial charge in [-0.05, 0) is 12.1 Å². The van der Waals surface area contributed by atoms with Crippen LogP contribution in [0.2, 0.25) is 0 Å². The van der Waals surface area contributed by atoms with E-state index in [1.807, 2.05) is 0 Å². The highest BCUT2D eigenvalue weighted by Gasteiger charge is 2.03. The van der Waals surface area contributed by atoms with Crippen molar-refractivity contribution in [3.05, 3.63) is 41.2 Å². The Morgan fingerprint density at radius 2 is 2.08 bits per heavy atom. The standard InChI is InChI=1S/C10H6FNO/c11-10-8(5-2-6-12)3-1-4-9(10)7-13/h1-5,7H. The van der Waals surface area contributed by atoms with Crippen LogP contribution in [0, 0.1) is 17.1 Å². The maximum absolute atomic E-state index is 13.2. The molecule has 64 valence electrons. The number of allylic oxidation sites excluding steroid dienone is 1. The lowest BCUT2D eigenvalue weighted by atomic mass is 10.1. The zero-order valence-electron chi connectivity index (χ0n) is 6.70. The largest absolute Gasteiger partial charge is 0.298 e. The van der Waals surface area contributed by atoms with Crippen LogP contribution in [0.25, 0.3) is 6.08 Å². The van der Waals surface area contributed by atoms with Gasteiger partial charge >= 0.3 is 0 Å². The molecular formula is C10H6FNO. The quantitative estimate of drug-likeness (QED) is 0.510. The molecule has 0 aliphatic heterocycles. The van der Waals surface area contributed by atoms with Crippen molar-refractivity contribution in [1.29, 1.82) is 5.26 Å². The van der Waals surface area contributed by atoms with Gasteiger partial charge in [0, 0.05) is 11.6 Å². The third-order valence-electron chi connectivity index (χ3n) is 1.52. The van der Waals surface area contributed by atoms with Gasteiger partial charge < -0.3 is 0 Å². The summed E-state index contributed by atoms with van der Waals surface area (Å²) in [6.07, 6.45) is 2.92. The molecule has 0 fully saturated rings. The Morgan fingerprint density at radius 1 is 1.38 bits per heavy atom. The molecule has 0 saturated carbocycles. The van der Waals surface area contributed by atoms with Crippen molar-refractivity contribution in [2.45, 2.75) is 0 Å². The molecule has 1 aromatic carbocycles. The average molecular weight is 175 g/mol. The van der Waals surface area contributed by atoms with Crippen molar-refractivity contribution in [3.63, 3.8) is 0 Å². The average Bonchev–Trinajstić information content (AvgIpc) is 2.16. The summed E-state index contributed by atoms with van der Waals surface area (Å²) in [5, 5.41) is 8.22. The molecule has 0 aliphatic rings. The third-order valence-corrected chi connectivity index (χ3v) is 1.52. The van der Waals surface area contributed by atoms with Crippen LogP contribution in [0.5, 0.6) is 0 Å². The number of benzene rings is 1. The molecule has 1 aromatic rings. The summed E-state index contributed by atoms with van der Waals surface area (Å²) in [6, 6.07) is 6.18. The highest BCUT2D eigenvalue weighted by molar-refractivity contribution is 5.77. The van der Waals surface area contributed by atoms with E-state index in [0.29, 0.717) is 6.29 Å². The molecule has 0 spiro atoms. The monoisotopic (exact) mass is 175 g/mol. The van der Waals surface area contributed by atoms with Gasteiger partial charge in [-0.25, -0.2) is 4.39 Å². The van der Waals surface area contributed by atoms with E-state index in [2.05, 4.69) is 0 Å². The molecule has 0 saturated heterocycles. The highest BCUT2D eigenvalue weighted by atomic mass is 19.1. The van der Waals surface area contributed by atoms with Gasteiger partial charge in [0.25, 0.3) is 0 Å². The maximum Gasteiger partial charge on any atom is 0.153 e. The molecule has 0 atom stereocenters. The first-order valence-electron chi connectivity index (χ1n) is 3.59. The van der Waals surface area contributed by atoms with E-state index in [1.165, 1.54) is 18.2 Å². The minimum atomic E-state index is -0.594. The van der Waals surface area contributed by atoms with Crippen LogP contribution in [0.3, 0.4) is 0 Å². The third kappa shape index (κ3) is 2.00. The molecule has 0 radical (unpaired) electrons. The molecular weight excluding hydrogens is 169 g/mol. The van der Waals surface area contributed by atoms with Crippen LogP contribution in [-0.4, -0.2) is 6.29 Å². The number of hydrogen-bond acceptors (Lipinski definition) is 2. The van der Waals surface area contributed by atoms with E-state index in [0.717, 1.165) is 6.08 Å². The van der Waals surface area contributed by atoms with Crippen molar-refractivity contribution < 1.29 is 9.18 Å². The SMILES string of the molecule is N#CC=Cc1cccc(C=O)c1F. The van der Waals surface area contributed by atoms with E-state index < -0.39 is 5.82 Å². The van der Waals surface area contributed by atoms with E-state index in [9.17, 15) is 9.18 Å². The molecule has 3 heteroatoms. The Morgan fingerprint density at radius 3 is 2.69 bits per heavy atom. The predicted octanol–water partition coefficient (Wildman–Crippen LogP) is 2.17. The van der Waals surface area contributed by atoms with Gasteiger partial charge in [0.15, 0.2) is 6.29 Å². The van der Waals surface area contributed by atoms with E-state index >= 15 is 0 Å². The summed E-state index contributed by atoms with van der Waals surface area (Å²) in [5.41, 5.74) is 0.242. The van der Waals surface area contributed by atoms with Crippen LogP contribution >= 0.6 is 0 Å². The molecule has 0 bridgehead atoms. The number of rotatable bonds is 2. The fourth-order valence-electron chi connectivity index (χ4n) is 0.915. The Hall–Kier alpha value is -1.95. The smallest absolute Gasteiger partial charge is 0.153 e. The van der Waals surface area contributed by atoms with Gasteiger partial charge in [0.1, 0.15) is 5.82 Å². The molecule has 0 heterocycles. The fourth-order valence-corrected chi connectivity index (χ4v) is 0.915. The van der Waals surface area contributed by atoms with Crippen LogP contribution < -0.4 is 0 Å². The Labute approximate surface area is 74.9 Å². The summed E-state index contributed by atoms with van der Waals surface area (Å²) < 4.78 is 13.2. The van der Waals surface area contributed by atoms with Gasteiger partial charge in [0.05, 0.1) is 11.6 Å². The van der Waals surface area contributed by atoms with Crippen molar-refractivity contribution in [2.24, 2.45) is 0 Å². The topological polar surface area (TPSA) is 40.9 Å². The lowest BCUT2D eigenvalue weighted by molar-refractivity contribution is 0.112. The van der Waals surface area contributed by atoms with E-state index in [4.69, 9.17) is 5.26 Å². The molecule has 0 aliphatic carbocycles. The summed E-state index contributed by atoms with van der Waals surface area (Å²) >= 11 is 0. The molecule has 13 heavy (non-hydrogen) atoms. The second kappa shape index (κ2) is 4.17. The number of hydrogen-bond donors (Lipinski definition) is 0. The van der Waals surface area contributed by atoms with Gasteiger partial charge in [-0.3, -0.25) is 4.79 Å². The first-order chi connectivity index (χ1) is 6.29. The van der Waals surface area contributed by atoms with E-state index in [1.54, 1.807) is 12.1 Å².